The zero-order valence-electron chi connectivity index (χ0n) is 13.1. The van der Waals surface area contributed by atoms with E-state index in [1.807, 2.05) is 4.57 Å². The standard InChI is InChI=1S/C16H13ClF2N4OS/c1-7-20-13(24-22-7)5-11-12-4-8(6-23(12)16(25)21-11)14-10(18)3-2-9(17)15(14)19/h2-3,8H,4-6H2,1H3,(H,21,25). The number of benzene rings is 1. The molecule has 1 N–H and O–H groups in total. The average Bonchev–Trinajstić information content (AvgIpc) is 3.23. The summed E-state index contributed by atoms with van der Waals surface area (Å²) in [6, 6.07) is 2.41. The number of hydrogen-bond acceptors (Lipinski definition) is 4. The topological polar surface area (TPSA) is 59.6 Å². The molecule has 0 saturated heterocycles. The van der Waals surface area contributed by atoms with Crippen LogP contribution in [0.15, 0.2) is 16.7 Å². The molecule has 2 aromatic heterocycles. The van der Waals surface area contributed by atoms with E-state index >= 15 is 0 Å². The molecule has 4 rings (SSSR count). The molecule has 3 heterocycles. The Bertz CT molecular complexity index is 1030. The molecular weight excluding hydrogens is 370 g/mol. The summed E-state index contributed by atoms with van der Waals surface area (Å²) in [5, 5.41) is 3.68. The van der Waals surface area contributed by atoms with E-state index in [0.717, 1.165) is 11.4 Å². The number of imidazole rings is 1. The van der Waals surface area contributed by atoms with Crippen molar-refractivity contribution in [1.29, 1.82) is 0 Å². The first-order valence-electron chi connectivity index (χ1n) is 7.67. The van der Waals surface area contributed by atoms with Gasteiger partial charge in [-0.2, -0.15) is 4.98 Å². The second-order valence-electron chi connectivity index (χ2n) is 6.04. The van der Waals surface area contributed by atoms with Crippen molar-refractivity contribution in [2.75, 3.05) is 0 Å². The Balaban J connectivity index is 1.69. The van der Waals surface area contributed by atoms with Crippen molar-refractivity contribution < 1.29 is 13.3 Å². The number of rotatable bonds is 3. The third-order valence-electron chi connectivity index (χ3n) is 4.41. The summed E-state index contributed by atoms with van der Waals surface area (Å²) in [6.45, 7) is 2.13. The molecule has 1 aliphatic rings. The Kier molecular flexibility index (Phi) is 3.96. The normalized spacial score (nSPS) is 16.4. The van der Waals surface area contributed by atoms with Crippen molar-refractivity contribution in [3.8, 4) is 0 Å². The fourth-order valence-electron chi connectivity index (χ4n) is 3.32. The van der Waals surface area contributed by atoms with Crippen molar-refractivity contribution in [1.82, 2.24) is 19.7 Å². The van der Waals surface area contributed by atoms with Gasteiger partial charge >= 0.3 is 0 Å². The van der Waals surface area contributed by atoms with E-state index in [0.29, 0.717) is 35.9 Å². The molecule has 130 valence electrons. The van der Waals surface area contributed by atoms with Crippen LogP contribution in [-0.4, -0.2) is 19.7 Å². The van der Waals surface area contributed by atoms with E-state index in [4.69, 9.17) is 28.3 Å². The second kappa shape index (κ2) is 6.03. The molecule has 1 aromatic carbocycles. The van der Waals surface area contributed by atoms with Gasteiger partial charge in [0.2, 0.25) is 5.89 Å². The van der Waals surface area contributed by atoms with Crippen LogP contribution in [0.3, 0.4) is 0 Å². The molecule has 5 nitrogen and oxygen atoms in total. The summed E-state index contributed by atoms with van der Waals surface area (Å²) < 4.78 is 36.0. The number of aromatic nitrogens is 4. The minimum atomic E-state index is -0.707. The molecule has 0 bridgehead atoms. The smallest absolute Gasteiger partial charge is 0.232 e. The van der Waals surface area contributed by atoms with Gasteiger partial charge in [-0.1, -0.05) is 16.8 Å². The van der Waals surface area contributed by atoms with E-state index in [1.165, 1.54) is 12.1 Å². The quantitative estimate of drug-likeness (QED) is 0.547. The predicted octanol–water partition coefficient (Wildman–Crippen LogP) is 4.10. The molecule has 9 heteroatoms. The van der Waals surface area contributed by atoms with Crippen molar-refractivity contribution in [2.24, 2.45) is 0 Å². The molecule has 0 aliphatic carbocycles. The van der Waals surface area contributed by atoms with Gasteiger partial charge in [-0.15, -0.1) is 0 Å². The van der Waals surface area contributed by atoms with E-state index < -0.39 is 11.6 Å². The lowest BCUT2D eigenvalue weighted by molar-refractivity contribution is 0.380. The number of H-pyrrole nitrogens is 1. The number of aromatic amines is 1. The highest BCUT2D eigenvalue weighted by Gasteiger charge is 2.31. The number of halogens is 3. The lowest BCUT2D eigenvalue weighted by atomic mass is 9.95. The fraction of sp³-hybridized carbons (Fsp3) is 0.312. The second-order valence-corrected chi connectivity index (χ2v) is 6.83. The Labute approximate surface area is 151 Å². The van der Waals surface area contributed by atoms with Crippen LogP contribution in [0.1, 0.15) is 34.6 Å². The number of hydrogen-bond donors (Lipinski definition) is 1. The predicted molar refractivity (Wildman–Crippen MR) is 89.3 cm³/mol. The Morgan fingerprint density at radius 2 is 2.24 bits per heavy atom. The van der Waals surface area contributed by atoms with Gasteiger partial charge in [0.25, 0.3) is 0 Å². The molecule has 0 radical (unpaired) electrons. The van der Waals surface area contributed by atoms with Gasteiger partial charge in [-0.05, 0) is 37.7 Å². The minimum absolute atomic E-state index is 0.00480. The van der Waals surface area contributed by atoms with Gasteiger partial charge in [-0.3, -0.25) is 0 Å². The maximum Gasteiger partial charge on any atom is 0.232 e. The third-order valence-corrected chi connectivity index (χ3v) is 5.02. The maximum atomic E-state index is 14.3. The van der Waals surface area contributed by atoms with Crippen LogP contribution < -0.4 is 0 Å². The van der Waals surface area contributed by atoms with Crippen molar-refractivity contribution in [3.05, 3.63) is 62.2 Å². The number of aryl methyl sites for hydroxylation is 1. The summed E-state index contributed by atoms with van der Waals surface area (Å²) in [7, 11) is 0. The van der Waals surface area contributed by atoms with Gasteiger partial charge in [-0.25, -0.2) is 8.78 Å². The molecule has 1 atom stereocenters. The largest absolute Gasteiger partial charge is 0.339 e. The highest BCUT2D eigenvalue weighted by atomic mass is 35.5. The summed E-state index contributed by atoms with van der Waals surface area (Å²) in [4.78, 5) is 7.30. The molecule has 0 spiro atoms. The van der Waals surface area contributed by atoms with Gasteiger partial charge in [0.05, 0.1) is 11.4 Å². The first kappa shape index (κ1) is 16.4. The Morgan fingerprint density at radius 1 is 1.44 bits per heavy atom. The number of nitrogens with one attached hydrogen (secondary N) is 1. The van der Waals surface area contributed by atoms with Crippen LogP contribution in [-0.2, 0) is 19.4 Å². The van der Waals surface area contributed by atoms with Gasteiger partial charge in [0.15, 0.2) is 10.6 Å². The van der Waals surface area contributed by atoms with Crippen molar-refractivity contribution in [2.45, 2.75) is 32.2 Å². The van der Waals surface area contributed by atoms with Gasteiger partial charge in [0, 0.05) is 29.4 Å². The molecule has 25 heavy (non-hydrogen) atoms. The van der Waals surface area contributed by atoms with Crippen LogP contribution in [0.4, 0.5) is 8.78 Å². The maximum absolute atomic E-state index is 14.3. The minimum Gasteiger partial charge on any atom is -0.339 e. The molecular formula is C16H13ClF2N4OS. The average molecular weight is 383 g/mol. The van der Waals surface area contributed by atoms with E-state index in [-0.39, 0.29) is 16.5 Å². The number of fused-ring (bicyclic) bond motifs is 1. The summed E-state index contributed by atoms with van der Waals surface area (Å²) in [5.74, 6) is -0.665. The lowest BCUT2D eigenvalue weighted by Gasteiger charge is -2.13. The van der Waals surface area contributed by atoms with Crippen molar-refractivity contribution >= 4 is 23.8 Å². The number of nitrogens with zero attached hydrogens (tertiary/aromatic N) is 3. The van der Waals surface area contributed by atoms with Gasteiger partial charge < -0.3 is 14.1 Å². The van der Waals surface area contributed by atoms with Crippen LogP contribution in [0, 0.1) is 23.3 Å². The molecule has 1 unspecified atom stereocenters. The Hall–Kier alpha value is -2.06. The lowest BCUT2D eigenvalue weighted by Crippen LogP contribution is -2.08. The summed E-state index contributed by atoms with van der Waals surface area (Å²) >= 11 is 11.2. The molecule has 1 aliphatic heterocycles. The zero-order chi connectivity index (χ0) is 17.7. The Morgan fingerprint density at radius 3 is 2.96 bits per heavy atom. The SMILES string of the molecule is Cc1noc(Cc2[nH]c(=S)n3c2CC(c2c(F)ccc(Cl)c2F)C3)n1. The van der Waals surface area contributed by atoms with Crippen LogP contribution >= 0.6 is 23.8 Å². The van der Waals surface area contributed by atoms with E-state index in [2.05, 4.69) is 15.1 Å². The summed E-state index contributed by atoms with van der Waals surface area (Å²) in [6.07, 6.45) is 0.837. The summed E-state index contributed by atoms with van der Waals surface area (Å²) in [5.41, 5.74) is 1.72. The highest BCUT2D eigenvalue weighted by molar-refractivity contribution is 7.71. The molecule has 3 aromatic rings. The van der Waals surface area contributed by atoms with Crippen molar-refractivity contribution in [3.63, 3.8) is 0 Å². The van der Waals surface area contributed by atoms with Crippen LogP contribution in [0.25, 0.3) is 0 Å². The highest BCUT2D eigenvalue weighted by Crippen LogP contribution is 2.36. The first-order chi connectivity index (χ1) is 11.9. The monoisotopic (exact) mass is 382 g/mol. The molecule has 0 saturated carbocycles. The van der Waals surface area contributed by atoms with Gasteiger partial charge in [0.1, 0.15) is 11.6 Å². The van der Waals surface area contributed by atoms with Crippen LogP contribution in [0.5, 0.6) is 0 Å². The van der Waals surface area contributed by atoms with E-state index in [9.17, 15) is 8.78 Å². The fourth-order valence-corrected chi connectivity index (χ4v) is 3.79. The zero-order valence-corrected chi connectivity index (χ0v) is 14.7. The first-order valence-corrected chi connectivity index (χ1v) is 8.45. The van der Waals surface area contributed by atoms with Crippen LogP contribution in [0.2, 0.25) is 5.02 Å². The molecule has 0 fully saturated rings. The van der Waals surface area contributed by atoms with E-state index in [1.54, 1.807) is 6.92 Å². The third kappa shape index (κ3) is 2.79. The molecule has 0 amide bonds.